The van der Waals surface area contributed by atoms with E-state index in [2.05, 4.69) is 0 Å². The molecule has 112 valence electrons. The molecule has 2 aliphatic heterocycles. The monoisotopic (exact) mass is 309 g/mol. The van der Waals surface area contributed by atoms with Crippen molar-refractivity contribution in [1.82, 2.24) is 4.90 Å². The van der Waals surface area contributed by atoms with E-state index in [-0.39, 0.29) is 37.3 Å². The molecule has 0 aliphatic carbocycles. The lowest BCUT2D eigenvalue weighted by atomic mass is 10.1. The third kappa shape index (κ3) is 2.69. The highest BCUT2D eigenvalue weighted by atomic mass is 35.5. The molecule has 2 amide bonds. The number of ether oxygens (including phenoxy) is 2. The van der Waals surface area contributed by atoms with Gasteiger partial charge >= 0.3 is 0 Å². The summed E-state index contributed by atoms with van der Waals surface area (Å²) < 4.78 is 11.8. The summed E-state index contributed by atoms with van der Waals surface area (Å²) in [6, 6.07) is 9.34. The highest BCUT2D eigenvalue weighted by Crippen LogP contribution is 2.36. The number of imide groups is 1. The largest absolute Gasteiger partial charge is 0.342 e. The van der Waals surface area contributed by atoms with Crippen LogP contribution >= 0.6 is 11.6 Å². The third-order valence-corrected chi connectivity index (χ3v) is 4.11. The topological polar surface area (TPSA) is 55.8 Å². The van der Waals surface area contributed by atoms with E-state index in [1.54, 1.807) is 0 Å². The van der Waals surface area contributed by atoms with E-state index < -0.39 is 5.79 Å². The number of alkyl halides is 1. The van der Waals surface area contributed by atoms with Crippen LogP contribution in [0.15, 0.2) is 30.3 Å². The second-order valence-corrected chi connectivity index (χ2v) is 5.51. The molecule has 3 rings (SSSR count). The lowest BCUT2D eigenvalue weighted by molar-refractivity contribution is -0.191. The molecular weight excluding hydrogens is 294 g/mol. The molecule has 5 nitrogen and oxygen atoms in total. The number of amides is 2. The van der Waals surface area contributed by atoms with Crippen LogP contribution in [-0.4, -0.2) is 41.8 Å². The molecule has 6 heteroatoms. The second kappa shape index (κ2) is 5.75. The number of likely N-dealkylation sites (tertiary alicyclic amines) is 1. The number of hydrogen-bond acceptors (Lipinski definition) is 4. The fraction of sp³-hybridized carbons (Fsp3) is 0.467. The predicted octanol–water partition coefficient (Wildman–Crippen LogP) is 1.64. The van der Waals surface area contributed by atoms with Crippen molar-refractivity contribution in [1.29, 1.82) is 0 Å². The Labute approximate surface area is 127 Å². The van der Waals surface area contributed by atoms with Crippen LogP contribution < -0.4 is 0 Å². The second-order valence-electron chi connectivity index (χ2n) is 5.20. The van der Waals surface area contributed by atoms with Gasteiger partial charge in [0.1, 0.15) is 0 Å². The minimum absolute atomic E-state index is 0.0715. The number of carbonyl (C=O) groups excluding carboxylic acids is 2. The van der Waals surface area contributed by atoms with Crippen LogP contribution in [0.2, 0.25) is 0 Å². The highest BCUT2D eigenvalue weighted by molar-refractivity contribution is 6.18. The average molecular weight is 310 g/mol. The molecule has 0 unspecified atom stereocenters. The average Bonchev–Trinajstić information content (AvgIpc) is 3.08. The van der Waals surface area contributed by atoms with E-state index in [0.717, 1.165) is 5.56 Å². The van der Waals surface area contributed by atoms with Crippen LogP contribution in [0.4, 0.5) is 0 Å². The fourth-order valence-corrected chi connectivity index (χ4v) is 2.82. The van der Waals surface area contributed by atoms with Gasteiger partial charge in [0.2, 0.25) is 17.6 Å². The van der Waals surface area contributed by atoms with E-state index in [4.69, 9.17) is 21.1 Å². The van der Waals surface area contributed by atoms with Crippen LogP contribution in [0.5, 0.6) is 0 Å². The number of nitrogens with zero attached hydrogens (tertiary/aromatic N) is 1. The zero-order valence-corrected chi connectivity index (χ0v) is 12.2. The minimum Gasteiger partial charge on any atom is -0.342 e. The quantitative estimate of drug-likeness (QED) is 0.627. The van der Waals surface area contributed by atoms with Crippen molar-refractivity contribution < 1.29 is 19.1 Å². The van der Waals surface area contributed by atoms with Gasteiger partial charge in [0.15, 0.2) is 0 Å². The van der Waals surface area contributed by atoms with Crippen LogP contribution in [0.3, 0.4) is 0 Å². The summed E-state index contributed by atoms with van der Waals surface area (Å²) in [5.74, 6) is -1.18. The van der Waals surface area contributed by atoms with Crippen molar-refractivity contribution >= 4 is 23.4 Å². The van der Waals surface area contributed by atoms with Gasteiger partial charge in [-0.25, -0.2) is 0 Å². The molecule has 0 spiro atoms. The van der Waals surface area contributed by atoms with Gasteiger partial charge in [-0.15, -0.1) is 11.6 Å². The summed E-state index contributed by atoms with van der Waals surface area (Å²) in [5.41, 5.74) is 0.783. The van der Waals surface area contributed by atoms with E-state index in [0.29, 0.717) is 12.5 Å². The van der Waals surface area contributed by atoms with Crippen LogP contribution in [-0.2, 0) is 24.8 Å². The number of rotatable bonds is 4. The molecule has 2 fully saturated rings. The first-order valence-corrected chi connectivity index (χ1v) is 7.44. The van der Waals surface area contributed by atoms with Gasteiger partial charge < -0.3 is 9.47 Å². The zero-order valence-electron chi connectivity index (χ0n) is 11.5. The maximum Gasteiger partial charge on any atom is 0.229 e. The smallest absolute Gasteiger partial charge is 0.229 e. The molecule has 2 aliphatic rings. The van der Waals surface area contributed by atoms with Gasteiger partial charge in [0.05, 0.1) is 25.1 Å². The van der Waals surface area contributed by atoms with Crippen molar-refractivity contribution in [2.24, 2.45) is 0 Å². The van der Waals surface area contributed by atoms with Gasteiger partial charge in [-0.1, -0.05) is 30.3 Å². The summed E-state index contributed by atoms with van der Waals surface area (Å²) in [6.07, 6.45) is 0.255. The zero-order chi connectivity index (χ0) is 14.9. The number of carbonyl (C=O) groups is 2. The number of benzene rings is 1. The summed E-state index contributed by atoms with van der Waals surface area (Å²) in [7, 11) is 0. The van der Waals surface area contributed by atoms with Crippen LogP contribution in [0.25, 0.3) is 0 Å². The van der Waals surface area contributed by atoms with Gasteiger partial charge in [-0.3, -0.25) is 14.5 Å². The first-order chi connectivity index (χ1) is 10.1. The van der Waals surface area contributed by atoms with Gasteiger partial charge in [-0.2, -0.15) is 0 Å². The third-order valence-electron chi connectivity index (χ3n) is 3.77. The molecule has 0 radical (unpaired) electrons. The summed E-state index contributed by atoms with van der Waals surface area (Å²) in [4.78, 5) is 25.0. The van der Waals surface area contributed by atoms with Gasteiger partial charge in [0.25, 0.3) is 0 Å². The minimum atomic E-state index is -1.11. The van der Waals surface area contributed by atoms with Crippen LogP contribution in [0.1, 0.15) is 18.4 Å². The Kier molecular flexibility index (Phi) is 3.97. The Hall–Kier alpha value is -1.43. The Morgan fingerprint density at radius 1 is 1.19 bits per heavy atom. The molecular formula is C15H16ClNO4. The van der Waals surface area contributed by atoms with E-state index in [9.17, 15) is 9.59 Å². The summed E-state index contributed by atoms with van der Waals surface area (Å²) >= 11 is 5.84. The molecule has 0 aromatic heterocycles. The Morgan fingerprint density at radius 2 is 1.86 bits per heavy atom. The molecule has 0 bridgehead atoms. The standard InChI is InChI=1S/C15H16ClNO4/c16-8-12-9-20-15(21-12,11-4-2-1-3-5-11)10-17-13(18)6-7-14(17)19/h1-5,12H,6-10H2/t12-,15+/m0/s1. The van der Waals surface area contributed by atoms with E-state index >= 15 is 0 Å². The molecule has 0 saturated carbocycles. The lowest BCUT2D eigenvalue weighted by Gasteiger charge is -2.31. The Balaban J connectivity index is 1.90. The normalized spacial score (nSPS) is 29.4. The molecule has 1 aromatic rings. The molecule has 2 atom stereocenters. The molecule has 21 heavy (non-hydrogen) atoms. The lowest BCUT2D eigenvalue weighted by Crippen LogP contribution is -2.44. The van der Waals surface area contributed by atoms with Crippen molar-refractivity contribution in [3.63, 3.8) is 0 Å². The Bertz CT molecular complexity index is 534. The molecule has 1 aromatic carbocycles. The molecule has 2 saturated heterocycles. The molecule has 2 heterocycles. The first-order valence-electron chi connectivity index (χ1n) is 6.91. The van der Waals surface area contributed by atoms with Gasteiger partial charge in [0, 0.05) is 18.4 Å². The molecule has 0 N–H and O–H groups in total. The first kappa shape index (κ1) is 14.5. The predicted molar refractivity (Wildman–Crippen MR) is 75.6 cm³/mol. The Morgan fingerprint density at radius 3 is 2.43 bits per heavy atom. The van der Waals surface area contributed by atoms with Crippen molar-refractivity contribution in [2.45, 2.75) is 24.7 Å². The highest BCUT2D eigenvalue weighted by Gasteiger charge is 2.47. The number of halogens is 1. The maximum atomic E-state index is 11.9. The van der Waals surface area contributed by atoms with E-state index in [1.165, 1.54) is 4.90 Å². The van der Waals surface area contributed by atoms with Crippen molar-refractivity contribution in [3.05, 3.63) is 35.9 Å². The van der Waals surface area contributed by atoms with Crippen molar-refractivity contribution in [2.75, 3.05) is 19.0 Å². The summed E-state index contributed by atoms with van der Waals surface area (Å²) in [5, 5.41) is 0. The van der Waals surface area contributed by atoms with E-state index in [1.807, 2.05) is 30.3 Å². The van der Waals surface area contributed by atoms with Crippen molar-refractivity contribution in [3.8, 4) is 0 Å². The summed E-state index contributed by atoms with van der Waals surface area (Å²) in [6.45, 7) is 0.413. The van der Waals surface area contributed by atoms with Gasteiger partial charge in [-0.05, 0) is 0 Å². The SMILES string of the molecule is O=C1CCC(=O)N1C[C@@]1(c2ccccc2)OC[C@H](CCl)O1. The van der Waals surface area contributed by atoms with Crippen LogP contribution in [0, 0.1) is 0 Å². The maximum absolute atomic E-state index is 11.9. The number of hydrogen-bond donors (Lipinski definition) is 0. The fourth-order valence-electron chi connectivity index (χ4n) is 2.67.